The van der Waals surface area contributed by atoms with Crippen molar-refractivity contribution in [2.45, 2.75) is 0 Å². The maximum absolute atomic E-state index is 11.9. The van der Waals surface area contributed by atoms with Gasteiger partial charge in [0, 0.05) is 0 Å². The molecule has 0 saturated heterocycles. The number of ether oxygens (including phenoxy) is 4. The molecule has 0 bridgehead atoms. The second kappa shape index (κ2) is 12.2. The molecule has 0 atom stereocenters. The average Bonchev–Trinajstić information content (AvgIpc) is 2.82. The van der Waals surface area contributed by atoms with Crippen LogP contribution in [0.3, 0.4) is 0 Å². The zero-order chi connectivity index (χ0) is 24.1. The molecule has 10 nitrogen and oxygen atoms in total. The summed E-state index contributed by atoms with van der Waals surface area (Å²) in [6.07, 6.45) is 4.57. The van der Waals surface area contributed by atoms with E-state index in [-0.39, 0.29) is 5.56 Å². The molecular formula is C23H13N3O7. The highest BCUT2D eigenvalue weighted by molar-refractivity contribution is 5.91. The first-order valence-corrected chi connectivity index (χ1v) is 8.90. The molecule has 0 aromatic heterocycles. The number of nitriles is 3. The largest absolute Gasteiger partial charge is 0.478 e. The zero-order valence-electron chi connectivity index (χ0n) is 16.7. The van der Waals surface area contributed by atoms with E-state index in [0.29, 0.717) is 28.6 Å². The van der Waals surface area contributed by atoms with Crippen LogP contribution in [0, 0.1) is 34.6 Å². The molecule has 0 aliphatic carbocycles. The first-order valence-electron chi connectivity index (χ1n) is 8.90. The van der Waals surface area contributed by atoms with E-state index >= 15 is 0 Å². The highest BCUT2D eigenvalue weighted by Gasteiger charge is 2.09. The molecule has 0 spiro atoms. The van der Waals surface area contributed by atoms with Crippen LogP contribution in [0.15, 0.2) is 72.8 Å². The van der Waals surface area contributed by atoms with Crippen LogP contribution in [0.4, 0.5) is 0 Å². The van der Waals surface area contributed by atoms with E-state index in [2.05, 4.69) is 14.2 Å². The van der Waals surface area contributed by atoms with Crippen molar-refractivity contribution >= 4 is 11.9 Å². The first-order chi connectivity index (χ1) is 16.0. The van der Waals surface area contributed by atoms with Crippen molar-refractivity contribution in [3.8, 4) is 41.8 Å². The lowest BCUT2D eigenvalue weighted by Gasteiger charge is -2.05. The van der Waals surface area contributed by atoms with Gasteiger partial charge in [-0.05, 0) is 72.8 Å². The Balaban J connectivity index is 0.000000273. The molecule has 1 N–H and O–H groups in total. The normalized spacial score (nSPS) is 8.88. The SMILES string of the molecule is N#COc1ccc(C(=O)O)cc1.N#COc1ccc(OC(=O)c2ccc(OC#N)cc2)cc1. The highest BCUT2D eigenvalue weighted by atomic mass is 16.5. The number of hydrogen-bond donors (Lipinski definition) is 1. The number of carboxylic acid groups (broad SMARTS) is 1. The number of aromatic carboxylic acids is 1. The van der Waals surface area contributed by atoms with E-state index in [1.807, 2.05) is 0 Å². The minimum Gasteiger partial charge on any atom is -0.478 e. The Labute approximate surface area is 187 Å². The lowest BCUT2D eigenvalue weighted by Crippen LogP contribution is -2.08. The van der Waals surface area contributed by atoms with Gasteiger partial charge < -0.3 is 24.1 Å². The van der Waals surface area contributed by atoms with Crippen LogP contribution in [0.5, 0.6) is 23.0 Å². The summed E-state index contributed by atoms with van der Waals surface area (Å²) in [6, 6.07) is 17.6. The van der Waals surface area contributed by atoms with Crippen molar-refractivity contribution in [1.29, 1.82) is 15.8 Å². The number of esters is 1. The Morgan fingerprint density at radius 2 is 0.909 bits per heavy atom. The molecule has 0 amide bonds. The van der Waals surface area contributed by atoms with Crippen LogP contribution in [0.1, 0.15) is 20.7 Å². The molecular weight excluding hydrogens is 430 g/mol. The third-order valence-electron chi connectivity index (χ3n) is 3.72. The van der Waals surface area contributed by atoms with Crippen molar-refractivity contribution in [3.05, 3.63) is 83.9 Å². The summed E-state index contributed by atoms with van der Waals surface area (Å²) in [5.74, 6) is -0.196. The molecule has 33 heavy (non-hydrogen) atoms. The number of carbonyl (C=O) groups is 2. The van der Waals surface area contributed by atoms with E-state index in [9.17, 15) is 9.59 Å². The van der Waals surface area contributed by atoms with Crippen LogP contribution in [-0.4, -0.2) is 17.0 Å². The van der Waals surface area contributed by atoms with Crippen molar-refractivity contribution in [1.82, 2.24) is 0 Å². The highest BCUT2D eigenvalue weighted by Crippen LogP contribution is 2.19. The van der Waals surface area contributed by atoms with Gasteiger partial charge in [0.15, 0.2) is 0 Å². The Kier molecular flexibility index (Phi) is 8.80. The summed E-state index contributed by atoms with van der Waals surface area (Å²) in [4.78, 5) is 22.2. The minimum absolute atomic E-state index is 0.167. The maximum atomic E-state index is 11.9. The summed E-state index contributed by atoms with van der Waals surface area (Å²) in [5.41, 5.74) is 0.484. The molecule has 3 rings (SSSR count). The second-order valence-electron chi connectivity index (χ2n) is 5.79. The quantitative estimate of drug-likeness (QED) is 0.336. The first kappa shape index (κ1) is 23.7. The molecule has 0 heterocycles. The topological polar surface area (TPSA) is 163 Å². The second-order valence-corrected chi connectivity index (χ2v) is 5.79. The van der Waals surface area contributed by atoms with E-state index in [1.54, 1.807) is 6.26 Å². The van der Waals surface area contributed by atoms with E-state index < -0.39 is 11.9 Å². The monoisotopic (exact) mass is 443 g/mol. The van der Waals surface area contributed by atoms with Gasteiger partial charge in [-0.1, -0.05) is 0 Å². The number of hydrogen-bond acceptors (Lipinski definition) is 9. The molecule has 3 aromatic rings. The van der Waals surface area contributed by atoms with Gasteiger partial charge >= 0.3 is 11.9 Å². The minimum atomic E-state index is -1.00. The van der Waals surface area contributed by atoms with Gasteiger partial charge in [-0.3, -0.25) is 0 Å². The summed E-state index contributed by atoms with van der Waals surface area (Å²) in [6.45, 7) is 0. The molecule has 3 aromatic carbocycles. The lowest BCUT2D eigenvalue weighted by atomic mass is 10.2. The molecule has 0 saturated carbocycles. The average molecular weight is 443 g/mol. The van der Waals surface area contributed by atoms with Crippen molar-refractivity contribution in [2.75, 3.05) is 0 Å². The van der Waals surface area contributed by atoms with Crippen molar-refractivity contribution < 1.29 is 33.6 Å². The van der Waals surface area contributed by atoms with E-state index in [0.717, 1.165) is 0 Å². The van der Waals surface area contributed by atoms with Crippen molar-refractivity contribution in [2.24, 2.45) is 0 Å². The van der Waals surface area contributed by atoms with Gasteiger partial charge in [0.1, 0.15) is 23.0 Å². The van der Waals surface area contributed by atoms with Gasteiger partial charge in [-0.2, -0.15) is 0 Å². The zero-order valence-corrected chi connectivity index (χ0v) is 16.7. The number of rotatable bonds is 6. The van der Waals surface area contributed by atoms with Crippen LogP contribution >= 0.6 is 0 Å². The third-order valence-corrected chi connectivity index (χ3v) is 3.72. The number of benzene rings is 3. The third kappa shape index (κ3) is 7.67. The number of nitrogens with zero attached hydrogens (tertiary/aromatic N) is 3. The van der Waals surface area contributed by atoms with Gasteiger partial charge in [-0.25, -0.2) is 9.59 Å². The Morgan fingerprint density at radius 3 is 1.27 bits per heavy atom. The maximum Gasteiger partial charge on any atom is 0.343 e. The van der Waals surface area contributed by atoms with E-state index in [1.165, 1.54) is 85.3 Å². The number of carboxylic acids is 1. The van der Waals surface area contributed by atoms with Crippen molar-refractivity contribution in [3.63, 3.8) is 0 Å². The van der Waals surface area contributed by atoms with Crippen LogP contribution in [0.25, 0.3) is 0 Å². The van der Waals surface area contributed by atoms with Gasteiger partial charge in [0.25, 0.3) is 18.8 Å². The summed E-state index contributed by atoms with van der Waals surface area (Å²) in [5, 5.41) is 33.3. The predicted molar refractivity (Wildman–Crippen MR) is 110 cm³/mol. The van der Waals surface area contributed by atoms with E-state index in [4.69, 9.17) is 25.6 Å². The van der Waals surface area contributed by atoms with Gasteiger partial charge in [0.05, 0.1) is 11.1 Å². The van der Waals surface area contributed by atoms with Crippen LogP contribution < -0.4 is 18.9 Å². The fraction of sp³-hybridized carbons (Fsp3) is 0. The summed E-state index contributed by atoms with van der Waals surface area (Å²) in [7, 11) is 0. The Hall–Kier alpha value is -5.53. The molecule has 0 aliphatic heterocycles. The number of carbonyl (C=O) groups excluding carboxylic acids is 1. The summed E-state index contributed by atoms with van der Waals surface area (Å²) < 4.78 is 18.8. The van der Waals surface area contributed by atoms with Crippen LogP contribution in [-0.2, 0) is 0 Å². The smallest absolute Gasteiger partial charge is 0.343 e. The molecule has 0 radical (unpaired) electrons. The summed E-state index contributed by atoms with van der Waals surface area (Å²) >= 11 is 0. The van der Waals surface area contributed by atoms with Gasteiger partial charge in [0.2, 0.25) is 0 Å². The van der Waals surface area contributed by atoms with Gasteiger partial charge in [-0.15, -0.1) is 15.8 Å². The Morgan fingerprint density at radius 1 is 0.576 bits per heavy atom. The fourth-order valence-corrected chi connectivity index (χ4v) is 2.22. The molecule has 162 valence electrons. The Bertz CT molecular complexity index is 1220. The fourth-order valence-electron chi connectivity index (χ4n) is 2.22. The predicted octanol–water partition coefficient (Wildman–Crippen LogP) is 3.87. The molecule has 10 heteroatoms. The van der Waals surface area contributed by atoms with Crippen LogP contribution in [0.2, 0.25) is 0 Å². The lowest BCUT2D eigenvalue weighted by molar-refractivity contribution is 0.0694. The molecule has 0 aliphatic rings. The molecule has 0 unspecified atom stereocenters. The molecule has 0 fully saturated rings. The standard InChI is InChI=1S/C15H8N2O4.C8H5NO3/c16-9-19-12-3-1-11(2-4-12)15(18)21-14-7-5-13(6-8-14)20-10-17;9-5-12-7-3-1-6(2-4-7)8(10)11/h1-8H;1-4H,(H,10,11).